The molecule has 2 atom stereocenters. The minimum absolute atomic E-state index is 0.0258. The molecule has 1 saturated heterocycles. The smallest absolute Gasteiger partial charge is 0.191 e. The van der Waals surface area contributed by atoms with Crippen LogP contribution >= 0.6 is 0 Å². The maximum absolute atomic E-state index is 9.49. The van der Waals surface area contributed by atoms with Gasteiger partial charge in [-0.15, -0.1) is 0 Å². The average molecular weight is 401 g/mol. The van der Waals surface area contributed by atoms with Crippen LogP contribution in [0.5, 0.6) is 0 Å². The second-order valence-electron chi connectivity index (χ2n) is 8.00. The van der Waals surface area contributed by atoms with E-state index in [-0.39, 0.29) is 11.3 Å². The Morgan fingerprint density at radius 2 is 2.10 bits per heavy atom. The molecule has 3 aliphatic rings. The molecule has 0 aliphatic carbocycles. The number of nitrogens with zero attached hydrogens (tertiary/aromatic N) is 4. The second-order valence-corrected chi connectivity index (χ2v) is 8.00. The molecule has 4 heterocycles. The number of aliphatic hydroxyl groups excluding tert-OH is 1. The lowest BCUT2D eigenvalue weighted by molar-refractivity contribution is -0.819. The lowest BCUT2D eigenvalue weighted by Crippen LogP contribution is -2.41. The van der Waals surface area contributed by atoms with E-state index in [2.05, 4.69) is 41.7 Å². The number of rotatable bonds is 5. The summed E-state index contributed by atoms with van der Waals surface area (Å²) >= 11 is 0. The standard InChI is InChI=1S/C24H26N5O/c1-18-5-4-14-28(18)24-9-3-8-23(26-24)27-29-16-21(10-11-22(29)12-13-25-29)20-7-2-6-19(15-20)17-30/h2-3,6-13,15-16,18,30H,4-5,14,17H2,1H3,(H,26,27)/q+1. The molecular weight excluding hydrogens is 374 g/mol. The molecule has 6 nitrogen and oxygen atoms in total. The van der Waals surface area contributed by atoms with Crippen LogP contribution in [0.2, 0.25) is 0 Å². The molecule has 0 bridgehead atoms. The number of benzene rings is 1. The Balaban J connectivity index is 1.48. The summed E-state index contributed by atoms with van der Waals surface area (Å²) in [5, 5.41) is 14.2. The first-order valence-electron chi connectivity index (χ1n) is 10.5. The van der Waals surface area contributed by atoms with E-state index in [9.17, 15) is 5.11 Å². The Hall–Kier alpha value is -3.22. The molecule has 3 aliphatic heterocycles. The van der Waals surface area contributed by atoms with Crippen molar-refractivity contribution in [1.29, 1.82) is 0 Å². The zero-order valence-electron chi connectivity index (χ0n) is 17.1. The summed E-state index contributed by atoms with van der Waals surface area (Å²) in [5.41, 5.74) is 7.52. The summed E-state index contributed by atoms with van der Waals surface area (Å²) in [5.74, 6) is 1.79. The van der Waals surface area contributed by atoms with Crippen LogP contribution in [-0.2, 0) is 6.61 Å². The summed E-state index contributed by atoms with van der Waals surface area (Å²) < 4.78 is 0.140. The lowest BCUT2D eigenvalue weighted by Gasteiger charge is -2.29. The van der Waals surface area contributed by atoms with Gasteiger partial charge in [0.1, 0.15) is 5.82 Å². The SMILES string of the molecule is CC1CCCN1c1cccc(N[N+]23C=C(c4cccc(CO)c4)C=CC2=CC=N3)n1. The number of hydrogen-bond acceptors (Lipinski definition) is 5. The number of hydrogen-bond donors (Lipinski definition) is 2. The van der Waals surface area contributed by atoms with E-state index in [1.165, 1.54) is 12.8 Å². The summed E-state index contributed by atoms with van der Waals surface area (Å²) in [6.07, 6.45) is 12.5. The molecule has 152 valence electrons. The minimum Gasteiger partial charge on any atom is -0.392 e. The summed E-state index contributed by atoms with van der Waals surface area (Å²) in [6.45, 7) is 3.33. The van der Waals surface area contributed by atoms with Crippen molar-refractivity contribution in [3.8, 4) is 0 Å². The highest BCUT2D eigenvalue weighted by Gasteiger charge is 2.37. The second kappa shape index (κ2) is 7.55. The van der Waals surface area contributed by atoms with Crippen LogP contribution in [0.3, 0.4) is 0 Å². The topological polar surface area (TPSA) is 60.8 Å². The van der Waals surface area contributed by atoms with Crippen molar-refractivity contribution in [1.82, 2.24) is 4.98 Å². The van der Waals surface area contributed by atoms with Crippen LogP contribution < -0.4 is 10.3 Å². The highest BCUT2D eigenvalue weighted by molar-refractivity contribution is 5.79. The van der Waals surface area contributed by atoms with Gasteiger partial charge < -0.3 is 10.0 Å². The molecule has 2 unspecified atom stereocenters. The van der Waals surface area contributed by atoms with Crippen molar-refractivity contribution >= 4 is 23.4 Å². The van der Waals surface area contributed by atoms with E-state index in [1.807, 2.05) is 48.7 Å². The minimum atomic E-state index is 0.0258. The number of allylic oxidation sites excluding steroid dienone is 4. The molecule has 5 rings (SSSR count). The molecule has 2 aromatic rings. The zero-order chi connectivity index (χ0) is 20.6. The van der Waals surface area contributed by atoms with Crippen LogP contribution in [0.4, 0.5) is 11.6 Å². The van der Waals surface area contributed by atoms with Crippen LogP contribution in [0.15, 0.2) is 77.7 Å². The van der Waals surface area contributed by atoms with Gasteiger partial charge in [0, 0.05) is 30.3 Å². The zero-order valence-corrected chi connectivity index (χ0v) is 17.1. The fraction of sp³-hybridized carbons (Fsp3) is 0.250. The number of pyridine rings is 1. The van der Waals surface area contributed by atoms with Crippen molar-refractivity contribution in [2.24, 2.45) is 5.10 Å². The van der Waals surface area contributed by atoms with Gasteiger partial charge in [0.05, 0.1) is 12.8 Å². The molecule has 0 radical (unpaired) electrons. The number of aliphatic hydroxyl groups is 1. The van der Waals surface area contributed by atoms with Crippen molar-refractivity contribution in [2.75, 3.05) is 16.9 Å². The Morgan fingerprint density at radius 1 is 1.20 bits per heavy atom. The third-order valence-corrected chi connectivity index (χ3v) is 5.96. The van der Waals surface area contributed by atoms with Gasteiger partial charge in [0.25, 0.3) is 0 Å². The average Bonchev–Trinajstić information content (AvgIpc) is 3.39. The predicted octanol–water partition coefficient (Wildman–Crippen LogP) is 4.20. The van der Waals surface area contributed by atoms with Crippen LogP contribution in [0.1, 0.15) is 30.9 Å². The van der Waals surface area contributed by atoms with Crippen molar-refractivity contribution < 1.29 is 9.81 Å². The fourth-order valence-electron chi connectivity index (χ4n) is 4.33. The Bertz CT molecular complexity index is 1090. The Labute approximate surface area is 176 Å². The van der Waals surface area contributed by atoms with Gasteiger partial charge in [-0.25, -0.2) is 4.98 Å². The van der Waals surface area contributed by atoms with Crippen molar-refractivity contribution in [2.45, 2.75) is 32.4 Å². The van der Waals surface area contributed by atoms with Gasteiger partial charge >= 0.3 is 0 Å². The fourth-order valence-corrected chi connectivity index (χ4v) is 4.33. The molecule has 0 saturated carbocycles. The third kappa shape index (κ3) is 3.34. The molecule has 30 heavy (non-hydrogen) atoms. The molecule has 0 spiro atoms. The number of aromatic nitrogens is 1. The summed E-state index contributed by atoms with van der Waals surface area (Å²) in [6, 6.07) is 14.6. The van der Waals surface area contributed by atoms with E-state index in [1.54, 1.807) is 0 Å². The molecule has 1 aromatic carbocycles. The van der Waals surface area contributed by atoms with Gasteiger partial charge in [-0.05, 0) is 59.9 Å². The van der Waals surface area contributed by atoms with Crippen molar-refractivity contribution in [3.63, 3.8) is 0 Å². The van der Waals surface area contributed by atoms with Gasteiger partial charge in [0.2, 0.25) is 0 Å². The third-order valence-electron chi connectivity index (χ3n) is 5.96. The predicted molar refractivity (Wildman–Crippen MR) is 120 cm³/mol. The van der Waals surface area contributed by atoms with Gasteiger partial charge in [0.15, 0.2) is 17.7 Å². The van der Waals surface area contributed by atoms with Crippen LogP contribution in [0, 0.1) is 0 Å². The largest absolute Gasteiger partial charge is 0.392 e. The maximum Gasteiger partial charge on any atom is 0.191 e. The van der Waals surface area contributed by atoms with E-state index in [4.69, 9.17) is 10.1 Å². The quantitative estimate of drug-likeness (QED) is 0.739. The maximum atomic E-state index is 9.49. The summed E-state index contributed by atoms with van der Waals surface area (Å²) in [7, 11) is 0. The van der Waals surface area contributed by atoms with E-state index in [0.717, 1.165) is 40.6 Å². The number of quaternary nitrogens is 1. The van der Waals surface area contributed by atoms with Crippen LogP contribution in [0.25, 0.3) is 5.57 Å². The normalized spacial score (nSPS) is 24.6. The monoisotopic (exact) mass is 400 g/mol. The highest BCUT2D eigenvalue weighted by Crippen LogP contribution is 2.35. The highest BCUT2D eigenvalue weighted by atomic mass is 16.3. The number of fused-ring (bicyclic) bond motifs is 1. The first-order valence-corrected chi connectivity index (χ1v) is 10.5. The molecule has 2 N–H and O–H groups in total. The Morgan fingerprint density at radius 3 is 2.93 bits per heavy atom. The lowest BCUT2D eigenvalue weighted by atomic mass is 10.0. The Kier molecular flexibility index (Phi) is 4.73. The molecule has 1 aromatic heterocycles. The van der Waals surface area contributed by atoms with E-state index < -0.39 is 0 Å². The van der Waals surface area contributed by atoms with Gasteiger partial charge in [-0.1, -0.05) is 29.4 Å². The first kappa shape index (κ1) is 18.8. The molecule has 1 fully saturated rings. The van der Waals surface area contributed by atoms with Gasteiger partial charge in [-0.3, -0.25) is 0 Å². The van der Waals surface area contributed by atoms with Crippen molar-refractivity contribution in [3.05, 3.63) is 83.7 Å². The van der Waals surface area contributed by atoms with Crippen LogP contribution in [-0.4, -0.2) is 33.6 Å². The molecule has 6 heteroatoms. The number of anilines is 2. The van der Waals surface area contributed by atoms with Gasteiger partial charge in [-0.2, -0.15) is 5.43 Å². The summed E-state index contributed by atoms with van der Waals surface area (Å²) in [4.78, 5) is 7.26. The molecule has 0 amide bonds. The number of nitrogens with one attached hydrogen (secondary N) is 1. The van der Waals surface area contributed by atoms with E-state index >= 15 is 0 Å². The molecular formula is C24H26N5O+. The van der Waals surface area contributed by atoms with E-state index in [0.29, 0.717) is 6.04 Å². The first-order chi connectivity index (χ1) is 14.7.